The van der Waals surface area contributed by atoms with E-state index in [0.29, 0.717) is 26.2 Å². The van der Waals surface area contributed by atoms with Crippen molar-refractivity contribution < 1.29 is 14.2 Å². The summed E-state index contributed by atoms with van der Waals surface area (Å²) in [5, 5.41) is 10.8. The highest BCUT2D eigenvalue weighted by Crippen LogP contribution is 2.18. The number of hydrogen-bond acceptors (Lipinski definition) is 3. The summed E-state index contributed by atoms with van der Waals surface area (Å²) in [6, 6.07) is 28.8. The number of rotatable bonds is 11. The molecule has 34 heavy (non-hydrogen) atoms. The van der Waals surface area contributed by atoms with E-state index in [1.165, 1.54) is 17.7 Å². The van der Waals surface area contributed by atoms with E-state index in [2.05, 4.69) is 27.7 Å². The zero-order valence-corrected chi connectivity index (χ0v) is 19.5. The smallest absolute Gasteiger partial charge is 0.123 e. The fraction of sp³-hybridized carbons (Fsp3) is 0.241. The Morgan fingerprint density at radius 1 is 0.853 bits per heavy atom. The van der Waals surface area contributed by atoms with E-state index in [0.717, 1.165) is 22.6 Å². The molecule has 0 aliphatic carbocycles. The van der Waals surface area contributed by atoms with Crippen LogP contribution in [0, 0.1) is 12.7 Å². The minimum atomic E-state index is -0.635. The number of ether oxygens (including phenoxy) is 1. The number of aryl methyl sites for hydroxylation is 1. The highest BCUT2D eigenvalue weighted by Gasteiger charge is 2.16. The van der Waals surface area contributed by atoms with Crippen LogP contribution in [0.5, 0.6) is 5.75 Å². The molecule has 5 heteroatoms. The lowest BCUT2D eigenvalue weighted by Gasteiger charge is -2.26. The van der Waals surface area contributed by atoms with Gasteiger partial charge in [0.05, 0.1) is 0 Å². The molecule has 0 aliphatic heterocycles. The quantitative estimate of drug-likeness (QED) is 0.326. The van der Waals surface area contributed by atoms with E-state index in [9.17, 15) is 9.50 Å². The highest BCUT2D eigenvalue weighted by atomic mass is 19.1. The second-order valence-electron chi connectivity index (χ2n) is 8.64. The summed E-state index contributed by atoms with van der Waals surface area (Å²) in [6.45, 7) is 4.75. The summed E-state index contributed by atoms with van der Waals surface area (Å²) < 4.78 is 21.3. The van der Waals surface area contributed by atoms with Crippen molar-refractivity contribution in [3.05, 3.63) is 125 Å². The summed E-state index contributed by atoms with van der Waals surface area (Å²) in [4.78, 5) is 2.23. The van der Waals surface area contributed by atoms with Crippen molar-refractivity contribution in [2.24, 2.45) is 0 Å². The van der Waals surface area contributed by atoms with Gasteiger partial charge in [-0.2, -0.15) is 0 Å². The monoisotopic (exact) mass is 458 g/mol. The van der Waals surface area contributed by atoms with E-state index in [-0.39, 0.29) is 12.4 Å². The van der Waals surface area contributed by atoms with Crippen molar-refractivity contribution in [3.63, 3.8) is 0 Å². The Hall–Kier alpha value is -3.41. The molecular weight excluding hydrogens is 427 g/mol. The Balaban J connectivity index is 1.44. The van der Waals surface area contributed by atoms with Crippen LogP contribution < -0.4 is 4.74 Å². The summed E-state index contributed by atoms with van der Waals surface area (Å²) in [6.07, 6.45) is 1.40. The van der Waals surface area contributed by atoms with E-state index in [1.807, 2.05) is 73.8 Å². The number of benzene rings is 3. The third-order valence-electron chi connectivity index (χ3n) is 5.82. The fourth-order valence-electron chi connectivity index (χ4n) is 4.04. The lowest BCUT2D eigenvalue weighted by Crippen LogP contribution is -2.35. The molecule has 4 rings (SSSR count). The molecule has 0 saturated heterocycles. The normalized spacial score (nSPS) is 12.1. The van der Waals surface area contributed by atoms with Crippen LogP contribution in [0.15, 0.2) is 97.2 Å². The molecule has 1 unspecified atom stereocenters. The molecule has 3 aromatic carbocycles. The van der Waals surface area contributed by atoms with Crippen molar-refractivity contribution >= 4 is 0 Å². The molecule has 0 fully saturated rings. The molecule has 176 valence electrons. The van der Waals surface area contributed by atoms with Crippen LogP contribution in [-0.4, -0.2) is 33.8 Å². The first-order valence-corrected chi connectivity index (χ1v) is 11.6. The van der Waals surface area contributed by atoms with Gasteiger partial charge in [0.1, 0.15) is 24.3 Å². The summed E-state index contributed by atoms with van der Waals surface area (Å²) >= 11 is 0. The van der Waals surface area contributed by atoms with Crippen molar-refractivity contribution in [1.82, 2.24) is 9.47 Å². The van der Waals surface area contributed by atoms with Gasteiger partial charge in [-0.05, 0) is 53.9 Å². The predicted molar refractivity (Wildman–Crippen MR) is 133 cm³/mol. The molecule has 4 aromatic rings. The van der Waals surface area contributed by atoms with Crippen LogP contribution >= 0.6 is 0 Å². The average molecular weight is 459 g/mol. The van der Waals surface area contributed by atoms with Gasteiger partial charge in [-0.25, -0.2) is 4.39 Å². The molecular formula is C29H31FN2O2. The molecule has 1 heterocycles. The number of aliphatic hydroxyl groups excluding tert-OH is 1. The van der Waals surface area contributed by atoms with Gasteiger partial charge in [0.2, 0.25) is 0 Å². The first-order valence-electron chi connectivity index (χ1n) is 11.6. The first-order chi connectivity index (χ1) is 16.6. The van der Waals surface area contributed by atoms with Gasteiger partial charge >= 0.3 is 0 Å². The van der Waals surface area contributed by atoms with Gasteiger partial charge in [0.15, 0.2) is 0 Å². The number of aliphatic hydroxyl groups is 1. The molecule has 1 atom stereocenters. The molecule has 0 bridgehead atoms. The lowest BCUT2D eigenvalue weighted by molar-refractivity contribution is 0.0618. The third kappa shape index (κ3) is 6.80. The van der Waals surface area contributed by atoms with Crippen LogP contribution in [0.25, 0.3) is 0 Å². The van der Waals surface area contributed by atoms with Crippen molar-refractivity contribution in [2.45, 2.75) is 32.7 Å². The van der Waals surface area contributed by atoms with Crippen LogP contribution in [0.2, 0.25) is 0 Å². The average Bonchev–Trinajstić information content (AvgIpc) is 3.27. The summed E-state index contributed by atoms with van der Waals surface area (Å²) in [5.74, 6) is 0.566. The van der Waals surface area contributed by atoms with Gasteiger partial charge < -0.3 is 14.4 Å². The maximum atomic E-state index is 13.3. The van der Waals surface area contributed by atoms with Crippen LogP contribution in [-0.2, 0) is 19.6 Å². The molecule has 0 spiro atoms. The third-order valence-corrected chi connectivity index (χ3v) is 5.82. The van der Waals surface area contributed by atoms with E-state index < -0.39 is 6.10 Å². The van der Waals surface area contributed by atoms with Crippen molar-refractivity contribution in [3.8, 4) is 5.75 Å². The molecule has 0 aliphatic rings. The zero-order valence-electron chi connectivity index (χ0n) is 19.5. The van der Waals surface area contributed by atoms with Crippen LogP contribution in [0.3, 0.4) is 0 Å². The largest absolute Gasteiger partial charge is 0.491 e. The molecule has 1 aromatic heterocycles. The number of hydrogen-bond donors (Lipinski definition) is 1. The first kappa shape index (κ1) is 23.7. The topological polar surface area (TPSA) is 37.6 Å². The lowest BCUT2D eigenvalue weighted by atomic mass is 10.2. The Morgan fingerprint density at radius 3 is 2.35 bits per heavy atom. The van der Waals surface area contributed by atoms with E-state index >= 15 is 0 Å². The number of halogens is 1. The number of para-hydroxylation sites is 1. The zero-order chi connectivity index (χ0) is 23.8. The van der Waals surface area contributed by atoms with Crippen LogP contribution in [0.4, 0.5) is 4.39 Å². The molecule has 0 amide bonds. The van der Waals surface area contributed by atoms with E-state index in [1.54, 1.807) is 0 Å². The summed E-state index contributed by atoms with van der Waals surface area (Å²) in [7, 11) is 0. The van der Waals surface area contributed by atoms with Crippen LogP contribution in [0.1, 0.15) is 22.4 Å². The predicted octanol–water partition coefficient (Wildman–Crippen LogP) is 5.43. The Morgan fingerprint density at radius 2 is 1.59 bits per heavy atom. The van der Waals surface area contributed by atoms with Crippen molar-refractivity contribution in [2.75, 3.05) is 13.2 Å². The molecule has 0 saturated carbocycles. The van der Waals surface area contributed by atoms with Gasteiger partial charge in [-0.3, -0.25) is 4.90 Å². The van der Waals surface area contributed by atoms with Gasteiger partial charge in [0, 0.05) is 38.1 Å². The van der Waals surface area contributed by atoms with Crippen molar-refractivity contribution in [1.29, 1.82) is 0 Å². The summed E-state index contributed by atoms with van der Waals surface area (Å²) in [5.41, 5.74) is 4.41. The highest BCUT2D eigenvalue weighted by molar-refractivity contribution is 5.31. The molecule has 0 radical (unpaired) electrons. The maximum Gasteiger partial charge on any atom is 0.123 e. The minimum Gasteiger partial charge on any atom is -0.491 e. The van der Waals surface area contributed by atoms with Gasteiger partial charge in [-0.1, -0.05) is 60.7 Å². The Labute approximate surface area is 200 Å². The SMILES string of the molecule is Cc1ccccc1OCC(O)CN(Cc1ccccc1)Cc1cccn1Cc1ccc(F)cc1. The second-order valence-corrected chi connectivity index (χ2v) is 8.64. The maximum absolute atomic E-state index is 13.3. The molecule has 1 N–H and O–H groups in total. The number of aromatic nitrogens is 1. The standard InChI is InChI=1S/C29H31FN2O2/c1-23-8-5-6-12-29(23)34-22-28(33)21-31(18-24-9-3-2-4-10-24)20-27-11-7-17-32(27)19-25-13-15-26(30)16-14-25/h2-17,28,33H,18-22H2,1H3. The van der Waals surface area contributed by atoms with Gasteiger partial charge in [-0.15, -0.1) is 0 Å². The second kappa shape index (κ2) is 11.6. The number of nitrogens with zero attached hydrogens (tertiary/aromatic N) is 2. The Bertz CT molecular complexity index is 1160. The fourth-order valence-corrected chi connectivity index (χ4v) is 4.04. The molecule has 4 nitrogen and oxygen atoms in total. The van der Waals surface area contributed by atoms with E-state index in [4.69, 9.17) is 4.74 Å². The minimum absolute atomic E-state index is 0.229. The van der Waals surface area contributed by atoms with Gasteiger partial charge in [0.25, 0.3) is 0 Å². The Kier molecular flexibility index (Phi) is 8.12.